The maximum Gasteiger partial charge on any atom is 0.325 e. The van der Waals surface area contributed by atoms with Crippen molar-refractivity contribution in [2.24, 2.45) is 0 Å². The smallest absolute Gasteiger partial charge is 0.325 e. The van der Waals surface area contributed by atoms with Gasteiger partial charge in [0.05, 0.1) is 0 Å². The average molecular weight is 241 g/mol. The molecule has 2 unspecified atom stereocenters. The van der Waals surface area contributed by atoms with E-state index in [0.29, 0.717) is 12.6 Å². The van der Waals surface area contributed by atoms with Gasteiger partial charge in [-0.05, 0) is 27.4 Å². The molecule has 17 heavy (non-hydrogen) atoms. The van der Waals surface area contributed by atoms with E-state index in [1.54, 1.807) is 0 Å². The first-order valence-corrected chi connectivity index (χ1v) is 6.33. The first-order chi connectivity index (χ1) is 7.95. The van der Waals surface area contributed by atoms with E-state index in [1.165, 1.54) is 0 Å². The van der Waals surface area contributed by atoms with Crippen LogP contribution in [-0.2, 0) is 4.79 Å². The Kier molecular flexibility index (Phi) is 3.43. The molecule has 5 nitrogen and oxygen atoms in total. The van der Waals surface area contributed by atoms with Crippen LogP contribution in [0.2, 0.25) is 0 Å². The molecule has 0 bridgehead atoms. The Bertz CT molecular complexity index is 290. The molecule has 2 fully saturated rings. The van der Waals surface area contributed by atoms with E-state index in [4.69, 9.17) is 0 Å². The van der Waals surface area contributed by atoms with Crippen LogP contribution in [0.15, 0.2) is 0 Å². The molecule has 0 spiro atoms. The van der Waals surface area contributed by atoms with Gasteiger partial charge >= 0.3 is 5.97 Å². The van der Waals surface area contributed by atoms with Crippen LogP contribution in [0.5, 0.6) is 0 Å². The number of likely N-dealkylation sites (N-methyl/N-ethyl adjacent to an activating group) is 2. The highest BCUT2D eigenvalue weighted by Crippen LogP contribution is 2.32. The Labute approximate surface area is 103 Å². The van der Waals surface area contributed by atoms with E-state index in [1.807, 2.05) is 7.05 Å². The van der Waals surface area contributed by atoms with Gasteiger partial charge in [-0.15, -0.1) is 0 Å². The number of rotatable bonds is 2. The van der Waals surface area contributed by atoms with Crippen LogP contribution < -0.4 is 0 Å². The average Bonchev–Trinajstić information content (AvgIpc) is 2.57. The summed E-state index contributed by atoms with van der Waals surface area (Å²) < 4.78 is 0. The van der Waals surface area contributed by atoms with Crippen molar-refractivity contribution in [1.29, 1.82) is 0 Å². The minimum atomic E-state index is -0.657. The van der Waals surface area contributed by atoms with Crippen molar-refractivity contribution in [2.75, 3.05) is 46.8 Å². The van der Waals surface area contributed by atoms with Gasteiger partial charge < -0.3 is 14.9 Å². The molecule has 2 heterocycles. The van der Waals surface area contributed by atoms with Crippen molar-refractivity contribution in [1.82, 2.24) is 14.7 Å². The summed E-state index contributed by atoms with van der Waals surface area (Å²) in [6, 6.07) is 0.353. The van der Waals surface area contributed by atoms with Gasteiger partial charge in [0, 0.05) is 38.8 Å². The summed E-state index contributed by atoms with van der Waals surface area (Å²) in [4.78, 5) is 18.3. The van der Waals surface area contributed by atoms with Crippen molar-refractivity contribution < 1.29 is 9.90 Å². The zero-order chi connectivity index (χ0) is 12.6. The monoisotopic (exact) mass is 241 g/mol. The predicted molar refractivity (Wildman–Crippen MR) is 66.1 cm³/mol. The summed E-state index contributed by atoms with van der Waals surface area (Å²) in [6.45, 7) is 6.42. The van der Waals surface area contributed by atoms with Gasteiger partial charge in [-0.25, -0.2) is 0 Å². The molecule has 0 amide bonds. The maximum atomic E-state index is 11.7. The number of likely N-dealkylation sites (tertiary alicyclic amines) is 1. The van der Waals surface area contributed by atoms with Gasteiger partial charge in [0.15, 0.2) is 0 Å². The minimum Gasteiger partial charge on any atom is -0.480 e. The molecule has 0 aromatic carbocycles. The van der Waals surface area contributed by atoms with Gasteiger partial charge in [0.25, 0.3) is 0 Å². The van der Waals surface area contributed by atoms with Crippen LogP contribution in [0.3, 0.4) is 0 Å². The molecule has 0 aromatic rings. The third-order valence-electron chi connectivity index (χ3n) is 4.40. The third-order valence-corrected chi connectivity index (χ3v) is 4.40. The van der Waals surface area contributed by atoms with Gasteiger partial charge in [0.2, 0.25) is 0 Å². The van der Waals surface area contributed by atoms with Crippen molar-refractivity contribution in [3.05, 3.63) is 0 Å². The van der Waals surface area contributed by atoms with Crippen LogP contribution in [0.25, 0.3) is 0 Å². The summed E-state index contributed by atoms with van der Waals surface area (Å²) in [6.07, 6.45) is 0.739. The van der Waals surface area contributed by atoms with Crippen molar-refractivity contribution >= 4 is 5.97 Å². The lowest BCUT2D eigenvalue weighted by Crippen LogP contribution is -2.61. The Morgan fingerprint density at radius 2 is 1.82 bits per heavy atom. The summed E-state index contributed by atoms with van der Waals surface area (Å²) in [5.41, 5.74) is -0.657. The van der Waals surface area contributed by atoms with Crippen molar-refractivity contribution in [3.63, 3.8) is 0 Å². The highest BCUT2D eigenvalue weighted by Gasteiger charge is 2.51. The second kappa shape index (κ2) is 4.55. The zero-order valence-corrected chi connectivity index (χ0v) is 11.0. The van der Waals surface area contributed by atoms with Crippen LogP contribution in [0.1, 0.15) is 13.3 Å². The number of hydrogen-bond donors (Lipinski definition) is 1. The zero-order valence-electron chi connectivity index (χ0n) is 11.0. The Morgan fingerprint density at radius 3 is 2.24 bits per heavy atom. The van der Waals surface area contributed by atoms with E-state index in [-0.39, 0.29) is 0 Å². The van der Waals surface area contributed by atoms with E-state index >= 15 is 0 Å². The molecular weight excluding hydrogens is 218 g/mol. The Balaban J connectivity index is 2.15. The number of carbonyl (C=O) groups is 1. The highest BCUT2D eigenvalue weighted by atomic mass is 16.4. The topological polar surface area (TPSA) is 47.0 Å². The number of nitrogens with zero attached hydrogens (tertiary/aromatic N) is 3. The second-order valence-electron chi connectivity index (χ2n) is 5.60. The summed E-state index contributed by atoms with van der Waals surface area (Å²) in [7, 11) is 4.11. The molecular formula is C12H23N3O2. The molecule has 0 aromatic heterocycles. The fourth-order valence-corrected chi connectivity index (χ4v) is 3.03. The van der Waals surface area contributed by atoms with Crippen molar-refractivity contribution in [2.45, 2.75) is 24.9 Å². The molecule has 2 atom stereocenters. The predicted octanol–water partition coefficient (Wildman–Crippen LogP) is -0.219. The molecule has 2 aliphatic heterocycles. The molecule has 2 saturated heterocycles. The molecule has 98 valence electrons. The summed E-state index contributed by atoms with van der Waals surface area (Å²) in [5, 5.41) is 9.64. The molecule has 2 aliphatic rings. The van der Waals surface area contributed by atoms with Gasteiger partial charge in [0.1, 0.15) is 5.54 Å². The number of carboxylic acid groups (broad SMARTS) is 1. The first kappa shape index (κ1) is 12.8. The van der Waals surface area contributed by atoms with Crippen LogP contribution >= 0.6 is 0 Å². The summed E-state index contributed by atoms with van der Waals surface area (Å²) in [5.74, 6) is -0.654. The number of carboxylic acids is 1. The summed E-state index contributed by atoms with van der Waals surface area (Å²) >= 11 is 0. The van der Waals surface area contributed by atoms with Gasteiger partial charge in [-0.2, -0.15) is 0 Å². The van der Waals surface area contributed by atoms with Crippen molar-refractivity contribution in [3.8, 4) is 0 Å². The Morgan fingerprint density at radius 1 is 1.24 bits per heavy atom. The fourth-order valence-electron chi connectivity index (χ4n) is 3.03. The quantitative estimate of drug-likeness (QED) is 0.724. The molecule has 1 N–H and O–H groups in total. The molecule has 5 heteroatoms. The maximum absolute atomic E-state index is 11.7. The van der Waals surface area contributed by atoms with Crippen LogP contribution in [0.4, 0.5) is 0 Å². The van der Waals surface area contributed by atoms with Crippen LogP contribution in [-0.4, -0.2) is 84.2 Å². The molecule has 2 rings (SSSR count). The molecule has 0 saturated carbocycles. The third kappa shape index (κ3) is 2.19. The minimum absolute atomic E-state index is 0.353. The second-order valence-corrected chi connectivity index (χ2v) is 5.60. The van der Waals surface area contributed by atoms with E-state index in [0.717, 1.165) is 32.6 Å². The van der Waals surface area contributed by atoms with E-state index in [9.17, 15) is 9.90 Å². The Hall–Kier alpha value is -0.650. The van der Waals surface area contributed by atoms with Crippen LogP contribution in [0, 0.1) is 0 Å². The molecule has 0 radical (unpaired) electrons. The lowest BCUT2D eigenvalue weighted by atomic mass is 9.93. The highest BCUT2D eigenvalue weighted by molar-refractivity contribution is 5.80. The van der Waals surface area contributed by atoms with E-state index < -0.39 is 11.5 Å². The van der Waals surface area contributed by atoms with E-state index in [2.05, 4.69) is 28.7 Å². The first-order valence-electron chi connectivity index (χ1n) is 6.33. The number of piperazine rings is 1. The normalized spacial score (nSPS) is 37.5. The van der Waals surface area contributed by atoms with Gasteiger partial charge in [-0.3, -0.25) is 9.69 Å². The lowest BCUT2D eigenvalue weighted by molar-refractivity contribution is -0.152. The largest absolute Gasteiger partial charge is 0.480 e. The lowest BCUT2D eigenvalue weighted by Gasteiger charge is -2.42. The number of hydrogen-bond acceptors (Lipinski definition) is 4. The standard InChI is InChI=1S/C12H23N3O2/c1-10-8-12(11(16)17,9-14(10)3)15-6-4-13(2)5-7-15/h10H,4-9H2,1-3H3,(H,16,17). The number of aliphatic carboxylic acids is 1. The molecule has 0 aliphatic carbocycles. The SMILES string of the molecule is CC1CC(C(=O)O)(N2CCN(C)CC2)CN1C. The fraction of sp³-hybridized carbons (Fsp3) is 0.917. The van der Waals surface area contributed by atoms with Gasteiger partial charge in [-0.1, -0.05) is 0 Å².